The van der Waals surface area contributed by atoms with Crippen molar-refractivity contribution in [1.82, 2.24) is 20.2 Å². The largest absolute Gasteiger partial charge is 0.278 e. The molecule has 0 aliphatic heterocycles. The number of rotatable bonds is 0. The first-order valence-corrected chi connectivity index (χ1v) is 3.97. The Morgan fingerprint density at radius 3 is 2.85 bits per heavy atom. The van der Waals surface area contributed by atoms with Gasteiger partial charge in [0.2, 0.25) is 0 Å². The number of hydrogen-bond donors (Lipinski definition) is 1. The molecule has 0 amide bonds. The quantitative estimate of drug-likeness (QED) is 0.556. The molecule has 0 unspecified atom stereocenters. The van der Waals surface area contributed by atoms with Gasteiger partial charge >= 0.3 is 0 Å². The van der Waals surface area contributed by atoms with Crippen LogP contribution >= 0.6 is 0 Å². The summed E-state index contributed by atoms with van der Waals surface area (Å²) in [7, 11) is 0. The lowest BCUT2D eigenvalue weighted by molar-refractivity contribution is 1.08. The van der Waals surface area contributed by atoms with E-state index >= 15 is 0 Å². The molecule has 2 aromatic heterocycles. The van der Waals surface area contributed by atoms with Crippen LogP contribution in [0.1, 0.15) is 0 Å². The lowest BCUT2D eigenvalue weighted by Gasteiger charge is -1.95. The van der Waals surface area contributed by atoms with Crippen LogP contribution in [0.15, 0.2) is 30.7 Å². The zero-order chi connectivity index (χ0) is 8.67. The van der Waals surface area contributed by atoms with Gasteiger partial charge in [-0.2, -0.15) is 5.10 Å². The highest BCUT2D eigenvalue weighted by Gasteiger charge is 1.99. The molecule has 0 fully saturated rings. The highest BCUT2D eigenvalue weighted by molar-refractivity contribution is 5.92. The SMILES string of the molecule is c1cc2cc3ncnc3cc2[nH]n1. The molecular weight excluding hydrogens is 164 g/mol. The van der Waals surface area contributed by atoms with Crippen LogP contribution in [0.2, 0.25) is 0 Å². The van der Waals surface area contributed by atoms with E-state index in [1.807, 2.05) is 18.2 Å². The van der Waals surface area contributed by atoms with Gasteiger partial charge in [0.1, 0.15) is 6.33 Å². The molecule has 0 bridgehead atoms. The third-order valence-corrected chi connectivity index (χ3v) is 2.05. The summed E-state index contributed by atoms with van der Waals surface area (Å²) in [5, 5.41) is 7.95. The Labute approximate surface area is 73.6 Å². The summed E-state index contributed by atoms with van der Waals surface area (Å²) in [6.45, 7) is 0. The lowest BCUT2D eigenvalue weighted by Crippen LogP contribution is -1.82. The summed E-state index contributed by atoms with van der Waals surface area (Å²) in [6.07, 6.45) is 3.29. The van der Waals surface area contributed by atoms with E-state index in [-0.39, 0.29) is 0 Å². The average Bonchev–Trinajstić information content (AvgIpc) is 2.61. The molecule has 13 heavy (non-hydrogen) atoms. The molecule has 0 saturated heterocycles. The molecular formula is C9H6N4. The summed E-state index contributed by atoms with van der Waals surface area (Å²) in [5.41, 5.74) is 2.80. The summed E-state index contributed by atoms with van der Waals surface area (Å²) in [4.78, 5) is 8.23. The van der Waals surface area contributed by atoms with Crippen molar-refractivity contribution in [2.75, 3.05) is 0 Å². The fourth-order valence-electron chi connectivity index (χ4n) is 1.41. The van der Waals surface area contributed by atoms with Gasteiger partial charge in [-0.3, -0.25) is 5.10 Å². The molecule has 1 N–H and O–H groups in total. The second-order valence-electron chi connectivity index (χ2n) is 2.86. The summed E-state index contributed by atoms with van der Waals surface area (Å²) < 4.78 is 0. The average molecular weight is 170 g/mol. The Morgan fingerprint density at radius 1 is 1.08 bits per heavy atom. The second kappa shape index (κ2) is 2.26. The zero-order valence-corrected chi connectivity index (χ0v) is 6.73. The van der Waals surface area contributed by atoms with Crippen molar-refractivity contribution in [2.24, 2.45) is 0 Å². The van der Waals surface area contributed by atoms with Crippen molar-refractivity contribution in [3.05, 3.63) is 30.7 Å². The predicted molar refractivity (Wildman–Crippen MR) is 49.2 cm³/mol. The standard InChI is InChI=1S/C9H6N4/c1-2-12-13-7-4-9-8(3-6(1)7)10-5-11-9/h1-5,13H. The number of benzene rings is 1. The highest BCUT2D eigenvalue weighted by atomic mass is 15.1. The molecule has 4 nitrogen and oxygen atoms in total. The highest BCUT2D eigenvalue weighted by Crippen LogP contribution is 2.16. The summed E-state index contributed by atoms with van der Waals surface area (Å²) in [6, 6.07) is 5.89. The maximum Gasteiger partial charge on any atom is 0.116 e. The number of imidazole rings is 1. The van der Waals surface area contributed by atoms with E-state index in [2.05, 4.69) is 20.2 Å². The van der Waals surface area contributed by atoms with Gasteiger partial charge in [0.05, 0.1) is 16.6 Å². The number of nitrogens with one attached hydrogen (secondary N) is 1. The minimum Gasteiger partial charge on any atom is -0.278 e. The van der Waals surface area contributed by atoms with E-state index in [0.717, 1.165) is 21.9 Å². The minimum absolute atomic E-state index is 0.900. The van der Waals surface area contributed by atoms with Crippen LogP contribution in [-0.2, 0) is 0 Å². The van der Waals surface area contributed by atoms with Crippen LogP contribution in [-0.4, -0.2) is 20.2 Å². The van der Waals surface area contributed by atoms with Crippen LogP contribution in [0.25, 0.3) is 21.9 Å². The van der Waals surface area contributed by atoms with Gasteiger partial charge in [-0.15, -0.1) is 0 Å². The first-order chi connectivity index (χ1) is 6.43. The third kappa shape index (κ3) is 0.885. The van der Waals surface area contributed by atoms with E-state index in [0.29, 0.717) is 0 Å². The van der Waals surface area contributed by atoms with E-state index in [4.69, 9.17) is 0 Å². The van der Waals surface area contributed by atoms with Gasteiger partial charge in [-0.05, 0) is 18.2 Å². The van der Waals surface area contributed by atoms with Crippen LogP contribution in [0.4, 0.5) is 0 Å². The minimum atomic E-state index is 0.900. The molecule has 4 heteroatoms. The molecule has 0 radical (unpaired) electrons. The first-order valence-electron chi connectivity index (χ1n) is 3.97. The number of aromatic nitrogens is 4. The first kappa shape index (κ1) is 6.54. The molecule has 2 heterocycles. The number of aromatic amines is 1. The van der Waals surface area contributed by atoms with Crippen molar-refractivity contribution in [2.45, 2.75) is 0 Å². The van der Waals surface area contributed by atoms with Gasteiger partial charge in [-0.25, -0.2) is 9.97 Å². The molecule has 62 valence electrons. The number of fused-ring (bicyclic) bond motifs is 2. The molecule has 0 atom stereocenters. The predicted octanol–water partition coefficient (Wildman–Crippen LogP) is 1.51. The van der Waals surface area contributed by atoms with Gasteiger partial charge in [0.15, 0.2) is 0 Å². The van der Waals surface area contributed by atoms with Crippen molar-refractivity contribution in [3.63, 3.8) is 0 Å². The molecule has 3 rings (SSSR count). The third-order valence-electron chi connectivity index (χ3n) is 2.05. The molecule has 0 aliphatic rings. The Morgan fingerprint density at radius 2 is 1.92 bits per heavy atom. The second-order valence-corrected chi connectivity index (χ2v) is 2.86. The van der Waals surface area contributed by atoms with Crippen LogP contribution in [0.5, 0.6) is 0 Å². The monoisotopic (exact) mass is 170 g/mol. The van der Waals surface area contributed by atoms with E-state index in [1.165, 1.54) is 0 Å². The Hall–Kier alpha value is -1.97. The van der Waals surface area contributed by atoms with Crippen molar-refractivity contribution < 1.29 is 0 Å². The number of hydrogen-bond acceptors (Lipinski definition) is 3. The van der Waals surface area contributed by atoms with Gasteiger partial charge in [0, 0.05) is 11.6 Å². The van der Waals surface area contributed by atoms with Crippen molar-refractivity contribution in [1.29, 1.82) is 0 Å². The molecule has 0 saturated carbocycles. The normalized spacial score (nSPS) is 11.1. The van der Waals surface area contributed by atoms with Crippen LogP contribution in [0.3, 0.4) is 0 Å². The van der Waals surface area contributed by atoms with Crippen LogP contribution in [0, 0.1) is 0 Å². The topological polar surface area (TPSA) is 54.5 Å². The molecule has 0 spiro atoms. The van der Waals surface area contributed by atoms with Crippen molar-refractivity contribution in [3.8, 4) is 0 Å². The van der Waals surface area contributed by atoms with Gasteiger partial charge in [-0.1, -0.05) is 0 Å². The number of nitrogens with zero attached hydrogens (tertiary/aromatic N) is 3. The number of H-pyrrole nitrogens is 1. The van der Waals surface area contributed by atoms with E-state index < -0.39 is 0 Å². The van der Waals surface area contributed by atoms with E-state index in [1.54, 1.807) is 12.5 Å². The fourth-order valence-corrected chi connectivity index (χ4v) is 1.41. The zero-order valence-electron chi connectivity index (χ0n) is 6.73. The summed E-state index contributed by atoms with van der Waals surface area (Å²) in [5.74, 6) is 0. The fraction of sp³-hybridized carbons (Fsp3) is 0. The summed E-state index contributed by atoms with van der Waals surface area (Å²) >= 11 is 0. The maximum atomic E-state index is 4.12. The van der Waals surface area contributed by atoms with Gasteiger partial charge in [0.25, 0.3) is 0 Å². The smallest absolute Gasteiger partial charge is 0.116 e. The molecule has 0 aliphatic carbocycles. The molecule has 3 aromatic rings. The Kier molecular flexibility index (Phi) is 1.14. The maximum absolute atomic E-state index is 4.12. The van der Waals surface area contributed by atoms with Gasteiger partial charge < -0.3 is 0 Å². The van der Waals surface area contributed by atoms with Crippen molar-refractivity contribution >= 4 is 21.9 Å². The molecule has 1 aromatic carbocycles. The Balaban J connectivity index is 2.57. The van der Waals surface area contributed by atoms with E-state index in [9.17, 15) is 0 Å². The van der Waals surface area contributed by atoms with Crippen LogP contribution < -0.4 is 0 Å². The Bertz CT molecular complexity index is 520. The lowest BCUT2D eigenvalue weighted by atomic mass is 10.2.